The molecule has 0 bridgehead atoms. The van der Waals surface area contributed by atoms with Gasteiger partial charge in [-0.25, -0.2) is 0 Å². The molecule has 1 saturated heterocycles. The smallest absolute Gasteiger partial charge is 0.277 e. The molecule has 0 spiro atoms. The summed E-state index contributed by atoms with van der Waals surface area (Å²) < 4.78 is 11.5. The molecule has 6 heteroatoms. The highest BCUT2D eigenvalue weighted by molar-refractivity contribution is 6.35. The number of carbonyl (C=O) groups excluding carboxylic acids is 2. The van der Waals surface area contributed by atoms with Crippen LogP contribution in [0, 0.1) is 0 Å². The molecule has 0 aromatic heterocycles. The maximum Gasteiger partial charge on any atom is 0.277 e. The number of morpholine rings is 1. The van der Waals surface area contributed by atoms with Gasteiger partial charge in [0.05, 0.1) is 23.9 Å². The van der Waals surface area contributed by atoms with Gasteiger partial charge in [0.2, 0.25) is 0 Å². The molecule has 0 radical (unpaired) electrons. The van der Waals surface area contributed by atoms with Crippen molar-refractivity contribution in [3.63, 3.8) is 0 Å². The molecule has 2 aliphatic rings. The minimum absolute atomic E-state index is 0.00268. The van der Waals surface area contributed by atoms with Gasteiger partial charge in [-0.05, 0) is 52.3 Å². The first-order chi connectivity index (χ1) is 12.8. The van der Waals surface area contributed by atoms with E-state index in [0.29, 0.717) is 30.9 Å². The summed E-state index contributed by atoms with van der Waals surface area (Å²) in [6.45, 7) is 11.3. The molecule has 1 aromatic rings. The van der Waals surface area contributed by atoms with Crippen LogP contribution in [0.2, 0.25) is 0 Å². The molecule has 6 nitrogen and oxygen atoms in total. The van der Waals surface area contributed by atoms with Crippen LogP contribution in [0.1, 0.15) is 40.2 Å². The van der Waals surface area contributed by atoms with Gasteiger partial charge in [0.1, 0.15) is 11.4 Å². The van der Waals surface area contributed by atoms with E-state index in [1.165, 1.54) is 4.90 Å². The molecule has 3 rings (SSSR count). The van der Waals surface area contributed by atoms with Crippen LogP contribution >= 0.6 is 0 Å². The number of benzene rings is 1. The van der Waals surface area contributed by atoms with Gasteiger partial charge in [0.25, 0.3) is 11.8 Å². The normalized spacial score (nSPS) is 23.6. The van der Waals surface area contributed by atoms with Crippen LogP contribution < -0.4 is 4.74 Å². The highest BCUT2D eigenvalue weighted by atomic mass is 16.5. The van der Waals surface area contributed by atoms with Crippen molar-refractivity contribution in [1.29, 1.82) is 0 Å². The largest absolute Gasteiger partial charge is 0.491 e. The number of rotatable bonds is 5. The van der Waals surface area contributed by atoms with Crippen LogP contribution in [0.4, 0.5) is 0 Å². The van der Waals surface area contributed by atoms with Crippen LogP contribution in [0.15, 0.2) is 30.0 Å². The van der Waals surface area contributed by atoms with E-state index in [-0.39, 0.29) is 30.1 Å². The maximum absolute atomic E-state index is 13.0. The fourth-order valence-corrected chi connectivity index (χ4v) is 3.74. The molecule has 2 amide bonds. The fourth-order valence-electron chi connectivity index (χ4n) is 3.74. The summed E-state index contributed by atoms with van der Waals surface area (Å²) in [4.78, 5) is 29.3. The monoisotopic (exact) mass is 372 g/mol. The predicted octanol–water partition coefficient (Wildman–Crippen LogP) is 2.68. The molecular formula is C21H28N2O4. The molecule has 0 N–H and O–H groups in total. The van der Waals surface area contributed by atoms with Gasteiger partial charge in [-0.15, -0.1) is 0 Å². The van der Waals surface area contributed by atoms with Gasteiger partial charge in [-0.1, -0.05) is 12.1 Å². The Morgan fingerprint density at radius 2 is 1.67 bits per heavy atom. The van der Waals surface area contributed by atoms with Crippen LogP contribution in [0.25, 0.3) is 5.57 Å². The van der Waals surface area contributed by atoms with Crippen LogP contribution in [0.3, 0.4) is 0 Å². The van der Waals surface area contributed by atoms with Crippen molar-refractivity contribution in [2.75, 3.05) is 19.6 Å². The number of nitrogens with zero attached hydrogens (tertiary/aromatic N) is 2. The highest BCUT2D eigenvalue weighted by Crippen LogP contribution is 2.33. The Morgan fingerprint density at radius 1 is 1.07 bits per heavy atom. The zero-order chi connectivity index (χ0) is 19.7. The summed E-state index contributed by atoms with van der Waals surface area (Å²) in [5.41, 5.74) is 1.70. The molecule has 2 atom stereocenters. The lowest BCUT2D eigenvalue weighted by Crippen LogP contribution is -2.46. The van der Waals surface area contributed by atoms with Crippen molar-refractivity contribution in [2.45, 2.75) is 52.9 Å². The second-order valence-electron chi connectivity index (χ2n) is 7.43. The summed E-state index contributed by atoms with van der Waals surface area (Å²) in [6, 6.07) is 7.39. The topological polar surface area (TPSA) is 59.1 Å². The van der Waals surface area contributed by atoms with Gasteiger partial charge in [0.15, 0.2) is 0 Å². The molecule has 27 heavy (non-hydrogen) atoms. The number of likely N-dealkylation sites (N-methyl/N-ethyl adjacent to an activating group) is 1. The first-order valence-corrected chi connectivity index (χ1v) is 9.59. The molecule has 0 saturated carbocycles. The average molecular weight is 372 g/mol. The molecule has 2 unspecified atom stereocenters. The van der Waals surface area contributed by atoms with E-state index in [1.54, 1.807) is 0 Å². The van der Waals surface area contributed by atoms with Crippen molar-refractivity contribution in [1.82, 2.24) is 9.80 Å². The van der Waals surface area contributed by atoms with E-state index in [0.717, 1.165) is 11.3 Å². The average Bonchev–Trinajstić information content (AvgIpc) is 2.84. The summed E-state index contributed by atoms with van der Waals surface area (Å²) >= 11 is 0. The zero-order valence-corrected chi connectivity index (χ0v) is 16.7. The number of amides is 2. The third kappa shape index (κ3) is 3.86. The Morgan fingerprint density at radius 3 is 2.19 bits per heavy atom. The lowest BCUT2D eigenvalue weighted by Gasteiger charge is -2.37. The lowest BCUT2D eigenvalue weighted by molar-refractivity contribution is -0.138. The molecular weight excluding hydrogens is 344 g/mol. The van der Waals surface area contributed by atoms with Crippen molar-refractivity contribution in [2.24, 2.45) is 0 Å². The molecule has 2 heterocycles. The van der Waals surface area contributed by atoms with E-state index in [9.17, 15) is 9.59 Å². The van der Waals surface area contributed by atoms with Crippen LogP contribution in [0.5, 0.6) is 5.75 Å². The van der Waals surface area contributed by atoms with Crippen LogP contribution in [-0.4, -0.2) is 59.6 Å². The maximum atomic E-state index is 13.0. The van der Waals surface area contributed by atoms with Gasteiger partial charge < -0.3 is 14.4 Å². The molecule has 1 fully saturated rings. The van der Waals surface area contributed by atoms with Gasteiger partial charge in [0, 0.05) is 19.6 Å². The Labute approximate surface area is 160 Å². The second kappa shape index (κ2) is 7.72. The molecule has 0 aliphatic carbocycles. The second-order valence-corrected chi connectivity index (χ2v) is 7.43. The Kier molecular flexibility index (Phi) is 5.56. The summed E-state index contributed by atoms with van der Waals surface area (Å²) in [5.74, 6) is 0.289. The number of carbonyl (C=O) groups is 2. The number of ether oxygens (including phenoxy) is 2. The first kappa shape index (κ1) is 19.4. The van der Waals surface area contributed by atoms with E-state index in [2.05, 4.69) is 0 Å². The third-order valence-electron chi connectivity index (χ3n) is 4.71. The van der Waals surface area contributed by atoms with Crippen molar-refractivity contribution >= 4 is 17.4 Å². The third-order valence-corrected chi connectivity index (χ3v) is 4.71. The van der Waals surface area contributed by atoms with E-state index in [1.807, 2.05) is 63.8 Å². The van der Waals surface area contributed by atoms with Gasteiger partial charge in [-0.2, -0.15) is 0 Å². The highest BCUT2D eigenvalue weighted by Gasteiger charge is 2.42. The van der Waals surface area contributed by atoms with Gasteiger partial charge >= 0.3 is 0 Å². The number of imide groups is 1. The standard InChI is InChI=1S/C21H28N2O4/c1-6-23-20(24)18(16-7-9-17(10-8-16)26-13(2)3)19(21(23)25)22-11-14(4)27-15(5)12-22/h7-10,13-15H,6,11-12H2,1-5H3. The summed E-state index contributed by atoms with van der Waals surface area (Å²) in [7, 11) is 0. The van der Waals surface area contributed by atoms with Crippen molar-refractivity contribution < 1.29 is 19.1 Å². The Bertz CT molecular complexity index is 744. The molecule has 2 aliphatic heterocycles. The number of hydrogen-bond acceptors (Lipinski definition) is 5. The van der Waals surface area contributed by atoms with Gasteiger partial charge in [-0.3, -0.25) is 14.5 Å². The minimum atomic E-state index is -0.234. The summed E-state index contributed by atoms with van der Waals surface area (Å²) in [5, 5.41) is 0. The minimum Gasteiger partial charge on any atom is -0.491 e. The fraction of sp³-hybridized carbons (Fsp3) is 0.524. The zero-order valence-electron chi connectivity index (χ0n) is 16.7. The Balaban J connectivity index is 2.02. The molecule has 146 valence electrons. The van der Waals surface area contributed by atoms with Crippen LogP contribution in [-0.2, 0) is 14.3 Å². The SMILES string of the molecule is CCN1C(=O)C(c2ccc(OC(C)C)cc2)=C(N2CC(C)OC(C)C2)C1=O. The lowest BCUT2D eigenvalue weighted by atomic mass is 10.0. The van der Waals surface area contributed by atoms with Crippen molar-refractivity contribution in [3.05, 3.63) is 35.5 Å². The summed E-state index contributed by atoms with van der Waals surface area (Å²) in [6.07, 6.45) is 0.0815. The van der Waals surface area contributed by atoms with E-state index in [4.69, 9.17) is 9.47 Å². The number of hydrogen-bond donors (Lipinski definition) is 0. The Hall–Kier alpha value is -2.34. The molecule has 1 aromatic carbocycles. The van der Waals surface area contributed by atoms with E-state index >= 15 is 0 Å². The van der Waals surface area contributed by atoms with Crippen molar-refractivity contribution in [3.8, 4) is 5.75 Å². The quantitative estimate of drug-likeness (QED) is 0.744. The first-order valence-electron chi connectivity index (χ1n) is 9.59. The van der Waals surface area contributed by atoms with E-state index < -0.39 is 0 Å². The predicted molar refractivity (Wildman–Crippen MR) is 103 cm³/mol.